The molecule has 0 radical (unpaired) electrons. The van der Waals surface area contributed by atoms with Gasteiger partial charge in [0.05, 0.1) is 12.6 Å². The van der Waals surface area contributed by atoms with Gasteiger partial charge in [-0.15, -0.1) is 0 Å². The fraction of sp³-hybridized carbons (Fsp3) is 0.562. The van der Waals surface area contributed by atoms with Crippen LogP contribution in [0.4, 0.5) is 4.79 Å². The van der Waals surface area contributed by atoms with E-state index >= 15 is 0 Å². The van der Waals surface area contributed by atoms with Crippen molar-refractivity contribution < 1.29 is 19.0 Å². The molecule has 0 aromatic heterocycles. The van der Waals surface area contributed by atoms with Crippen LogP contribution in [0, 0.1) is 0 Å². The molecule has 0 saturated heterocycles. The van der Waals surface area contributed by atoms with Crippen LogP contribution in [0.1, 0.15) is 33.6 Å². The van der Waals surface area contributed by atoms with E-state index in [-0.39, 0.29) is 5.54 Å². The Hall–Kier alpha value is -1.43. The lowest BCUT2D eigenvalue weighted by Crippen LogP contribution is -2.44. The molecule has 0 unspecified atom stereocenters. The molecule has 1 fully saturated rings. The van der Waals surface area contributed by atoms with Crippen molar-refractivity contribution in [3.8, 4) is 11.5 Å². The number of carbonyl (C=O) groups excluding carboxylic acids is 1. The summed E-state index contributed by atoms with van der Waals surface area (Å²) in [6.07, 6.45) is 1.35. The predicted molar refractivity (Wildman–Crippen MR) is 87.5 cm³/mol. The normalized spacial score (nSPS) is 15.9. The first-order chi connectivity index (χ1) is 10.2. The molecule has 0 atom stereocenters. The van der Waals surface area contributed by atoms with Crippen LogP contribution in [0.15, 0.2) is 22.7 Å². The highest BCUT2D eigenvalue weighted by molar-refractivity contribution is 9.10. The van der Waals surface area contributed by atoms with Gasteiger partial charge >= 0.3 is 6.09 Å². The van der Waals surface area contributed by atoms with Crippen LogP contribution < -0.4 is 14.8 Å². The Labute approximate surface area is 139 Å². The van der Waals surface area contributed by atoms with E-state index in [1.165, 1.54) is 0 Å². The third kappa shape index (κ3) is 4.80. The number of alkyl carbamates (subject to hydrolysis) is 1. The number of carbonyl (C=O) groups is 1. The fourth-order valence-corrected chi connectivity index (χ4v) is 2.29. The molecule has 1 aromatic rings. The van der Waals surface area contributed by atoms with E-state index in [0.29, 0.717) is 18.1 Å². The van der Waals surface area contributed by atoms with Gasteiger partial charge in [-0.1, -0.05) is 15.9 Å². The quantitative estimate of drug-likeness (QED) is 0.852. The van der Waals surface area contributed by atoms with E-state index in [0.717, 1.165) is 17.3 Å². The number of halogens is 1. The zero-order valence-electron chi connectivity index (χ0n) is 13.4. The summed E-state index contributed by atoms with van der Waals surface area (Å²) in [5.74, 6) is 1.31. The molecule has 1 saturated carbocycles. The highest BCUT2D eigenvalue weighted by atomic mass is 79.9. The molecule has 1 aliphatic rings. The van der Waals surface area contributed by atoms with Crippen molar-refractivity contribution in [2.45, 2.75) is 44.8 Å². The number of nitrogens with one attached hydrogen (secondary N) is 1. The summed E-state index contributed by atoms with van der Waals surface area (Å²) in [4.78, 5) is 11.9. The van der Waals surface area contributed by atoms with Crippen molar-refractivity contribution in [1.82, 2.24) is 5.32 Å². The first-order valence-electron chi connectivity index (χ1n) is 7.21. The summed E-state index contributed by atoms with van der Waals surface area (Å²) in [5, 5.41) is 2.91. The zero-order valence-corrected chi connectivity index (χ0v) is 15.0. The van der Waals surface area contributed by atoms with Crippen LogP contribution in [0.2, 0.25) is 0 Å². The first-order valence-corrected chi connectivity index (χ1v) is 8.00. The monoisotopic (exact) mass is 371 g/mol. The predicted octanol–water partition coefficient (Wildman–Crippen LogP) is 3.89. The maximum Gasteiger partial charge on any atom is 0.408 e. The average Bonchev–Trinajstić information content (AvgIpc) is 3.14. The van der Waals surface area contributed by atoms with Gasteiger partial charge in [-0.05, 0) is 51.8 Å². The number of methoxy groups -OCH3 is 1. The van der Waals surface area contributed by atoms with Crippen molar-refractivity contribution in [3.05, 3.63) is 22.7 Å². The van der Waals surface area contributed by atoms with Gasteiger partial charge in [-0.25, -0.2) is 4.79 Å². The number of hydrogen-bond donors (Lipinski definition) is 1. The summed E-state index contributed by atoms with van der Waals surface area (Å²) in [7, 11) is 1.60. The molecule has 5 nitrogen and oxygen atoms in total. The van der Waals surface area contributed by atoms with Gasteiger partial charge in [0.1, 0.15) is 12.2 Å². The van der Waals surface area contributed by atoms with Crippen molar-refractivity contribution in [3.63, 3.8) is 0 Å². The second-order valence-electron chi connectivity index (χ2n) is 6.49. The van der Waals surface area contributed by atoms with Gasteiger partial charge in [0, 0.05) is 4.47 Å². The lowest BCUT2D eigenvalue weighted by molar-refractivity contribution is 0.0476. The first kappa shape index (κ1) is 16.9. The smallest absolute Gasteiger partial charge is 0.408 e. The molecule has 1 aliphatic carbocycles. The Morgan fingerprint density at radius 2 is 2.00 bits per heavy atom. The van der Waals surface area contributed by atoms with Gasteiger partial charge in [0.2, 0.25) is 0 Å². The van der Waals surface area contributed by atoms with E-state index < -0.39 is 11.7 Å². The molecule has 1 amide bonds. The summed E-state index contributed by atoms with van der Waals surface area (Å²) in [6.45, 7) is 5.92. The maximum absolute atomic E-state index is 11.9. The standard InChI is InChI=1S/C16H22BrNO4/c1-15(2,3)22-14(19)18-16(7-8-16)10-21-12-6-5-11(17)9-13(12)20-4/h5-6,9H,7-8,10H2,1-4H3,(H,18,19). The Morgan fingerprint density at radius 1 is 1.32 bits per heavy atom. The molecule has 0 aliphatic heterocycles. The molecular weight excluding hydrogens is 350 g/mol. The molecular formula is C16H22BrNO4. The van der Waals surface area contributed by atoms with Crippen molar-refractivity contribution >= 4 is 22.0 Å². The van der Waals surface area contributed by atoms with Crippen LogP contribution in [0.25, 0.3) is 0 Å². The second-order valence-corrected chi connectivity index (χ2v) is 7.41. The molecule has 6 heteroatoms. The summed E-state index contributed by atoms with van der Waals surface area (Å²) in [5.41, 5.74) is -0.837. The Balaban J connectivity index is 1.92. The largest absolute Gasteiger partial charge is 0.493 e. The number of ether oxygens (including phenoxy) is 3. The topological polar surface area (TPSA) is 56.8 Å². The number of benzene rings is 1. The minimum Gasteiger partial charge on any atom is -0.493 e. The third-order valence-electron chi connectivity index (χ3n) is 3.25. The molecule has 0 spiro atoms. The van der Waals surface area contributed by atoms with Crippen molar-refractivity contribution in [2.75, 3.05) is 13.7 Å². The van der Waals surface area contributed by atoms with Crippen LogP contribution in [0.5, 0.6) is 11.5 Å². The number of hydrogen-bond acceptors (Lipinski definition) is 4. The van der Waals surface area contributed by atoms with Crippen LogP contribution in [-0.4, -0.2) is 30.9 Å². The van der Waals surface area contributed by atoms with Gasteiger partial charge < -0.3 is 19.5 Å². The van der Waals surface area contributed by atoms with Crippen LogP contribution in [0.3, 0.4) is 0 Å². The van der Waals surface area contributed by atoms with Gasteiger partial charge in [0.15, 0.2) is 11.5 Å². The van der Waals surface area contributed by atoms with Gasteiger partial charge in [-0.2, -0.15) is 0 Å². The lowest BCUT2D eigenvalue weighted by Gasteiger charge is -2.23. The van der Waals surface area contributed by atoms with E-state index in [1.54, 1.807) is 7.11 Å². The summed E-state index contributed by atoms with van der Waals surface area (Å²) >= 11 is 3.39. The molecule has 1 N–H and O–H groups in total. The average molecular weight is 372 g/mol. The lowest BCUT2D eigenvalue weighted by atomic mass is 10.2. The summed E-state index contributed by atoms with van der Waals surface area (Å²) < 4.78 is 17.3. The van der Waals surface area contributed by atoms with Crippen LogP contribution >= 0.6 is 15.9 Å². The third-order valence-corrected chi connectivity index (χ3v) is 3.74. The minimum atomic E-state index is -0.504. The molecule has 22 heavy (non-hydrogen) atoms. The van der Waals surface area contributed by atoms with E-state index in [9.17, 15) is 4.79 Å². The second kappa shape index (κ2) is 6.36. The molecule has 0 heterocycles. The summed E-state index contributed by atoms with van der Waals surface area (Å²) in [6, 6.07) is 5.57. The Kier molecular flexibility index (Phi) is 4.90. The van der Waals surface area contributed by atoms with Crippen molar-refractivity contribution in [1.29, 1.82) is 0 Å². The van der Waals surface area contributed by atoms with E-state index in [1.807, 2.05) is 39.0 Å². The van der Waals surface area contributed by atoms with E-state index in [2.05, 4.69) is 21.2 Å². The maximum atomic E-state index is 11.9. The molecule has 0 bridgehead atoms. The molecule has 122 valence electrons. The van der Waals surface area contributed by atoms with Gasteiger partial charge in [-0.3, -0.25) is 0 Å². The highest BCUT2D eigenvalue weighted by Crippen LogP contribution is 2.38. The van der Waals surface area contributed by atoms with E-state index in [4.69, 9.17) is 14.2 Å². The molecule has 1 aromatic carbocycles. The number of amides is 1. The Morgan fingerprint density at radius 3 is 2.55 bits per heavy atom. The minimum absolute atomic E-state index is 0.333. The van der Waals surface area contributed by atoms with Crippen LogP contribution in [-0.2, 0) is 4.74 Å². The molecule has 2 rings (SSSR count). The van der Waals surface area contributed by atoms with Gasteiger partial charge in [0.25, 0.3) is 0 Å². The fourth-order valence-electron chi connectivity index (χ4n) is 1.95. The number of rotatable bonds is 5. The van der Waals surface area contributed by atoms with Crippen molar-refractivity contribution in [2.24, 2.45) is 0 Å². The zero-order chi connectivity index (χ0) is 16.4. The SMILES string of the molecule is COc1cc(Br)ccc1OCC1(NC(=O)OC(C)(C)C)CC1. The highest BCUT2D eigenvalue weighted by Gasteiger charge is 2.46. The Bertz CT molecular complexity index is 550.